The molecule has 6 heteroatoms. The monoisotopic (exact) mass is 338 g/mol. The summed E-state index contributed by atoms with van der Waals surface area (Å²) < 4.78 is 17.2. The minimum absolute atomic E-state index is 0.0476. The minimum atomic E-state index is -2.72. The molecule has 1 aromatic rings. The second-order valence-electron chi connectivity index (χ2n) is 6.03. The minimum Gasteiger partial charge on any atom is -0.385 e. The van der Waals surface area contributed by atoms with E-state index in [1.54, 1.807) is 14.2 Å². The first-order valence-corrected chi connectivity index (χ1v) is 10.0. The summed E-state index contributed by atoms with van der Waals surface area (Å²) in [6.07, 6.45) is 1.91. The average Bonchev–Trinajstić information content (AvgIpc) is 2.59. The molecule has 2 unspecified atom stereocenters. The van der Waals surface area contributed by atoms with Crippen molar-refractivity contribution in [1.29, 1.82) is 0 Å². The molecule has 0 aromatic heterocycles. The van der Waals surface area contributed by atoms with Gasteiger partial charge < -0.3 is 18.4 Å². The van der Waals surface area contributed by atoms with Gasteiger partial charge in [-0.3, -0.25) is 4.79 Å². The number of carbonyl (C=O) groups is 1. The molecule has 5 nitrogen and oxygen atoms in total. The Morgan fingerprint density at radius 1 is 1.17 bits per heavy atom. The van der Waals surface area contributed by atoms with Crippen molar-refractivity contribution in [2.24, 2.45) is 5.92 Å². The number of rotatable bonds is 8. The van der Waals surface area contributed by atoms with Gasteiger partial charge in [-0.25, -0.2) is 0 Å². The summed E-state index contributed by atoms with van der Waals surface area (Å²) in [6.45, 7) is 0.455. The number of ketones is 1. The van der Waals surface area contributed by atoms with E-state index in [1.165, 1.54) is 0 Å². The Bertz CT molecular complexity index is 489. The zero-order chi connectivity index (χ0) is 16.7. The lowest BCUT2D eigenvalue weighted by molar-refractivity contribution is -0.130. The van der Waals surface area contributed by atoms with Crippen molar-refractivity contribution in [2.75, 3.05) is 14.2 Å². The van der Waals surface area contributed by atoms with Gasteiger partial charge in [-0.15, -0.1) is 0 Å². The molecule has 0 aliphatic heterocycles. The van der Waals surface area contributed by atoms with Gasteiger partial charge in [-0.05, 0) is 30.7 Å². The van der Waals surface area contributed by atoms with Crippen LogP contribution in [-0.2, 0) is 24.7 Å². The molecule has 0 spiro atoms. The van der Waals surface area contributed by atoms with E-state index >= 15 is 0 Å². The molecule has 0 radical (unpaired) electrons. The number of aliphatic hydroxyl groups excluding tert-OH is 1. The Hall–Kier alpha value is -1.05. The van der Waals surface area contributed by atoms with E-state index in [9.17, 15) is 9.90 Å². The first-order chi connectivity index (χ1) is 11.1. The topological polar surface area (TPSA) is 65.0 Å². The van der Waals surface area contributed by atoms with Gasteiger partial charge in [0.2, 0.25) is 0 Å². The average molecular weight is 338 g/mol. The van der Waals surface area contributed by atoms with Crippen LogP contribution in [0.15, 0.2) is 30.3 Å². The first-order valence-electron chi connectivity index (χ1n) is 8.07. The maximum Gasteiger partial charge on any atom is 0.500 e. The van der Waals surface area contributed by atoms with Gasteiger partial charge in [-0.1, -0.05) is 30.3 Å². The van der Waals surface area contributed by atoms with Crippen LogP contribution in [0.3, 0.4) is 0 Å². The SMILES string of the molecule is CO[Si](CCC1CCC(O)C(=O)C1)(OC)OCc1ccccc1. The second kappa shape index (κ2) is 8.70. The Morgan fingerprint density at radius 2 is 1.87 bits per heavy atom. The van der Waals surface area contributed by atoms with Crippen LogP contribution in [0.4, 0.5) is 0 Å². The Kier molecular flexibility index (Phi) is 6.92. The van der Waals surface area contributed by atoms with E-state index in [1.807, 2.05) is 30.3 Å². The summed E-state index contributed by atoms with van der Waals surface area (Å²) in [5.74, 6) is 0.233. The van der Waals surface area contributed by atoms with Crippen molar-refractivity contribution < 1.29 is 23.2 Å². The molecule has 0 bridgehead atoms. The molecule has 2 rings (SSSR count). The lowest BCUT2D eigenvalue weighted by atomic mass is 9.85. The second-order valence-corrected chi connectivity index (χ2v) is 9.01. The van der Waals surface area contributed by atoms with Crippen LogP contribution in [0.5, 0.6) is 0 Å². The molecule has 0 amide bonds. The highest BCUT2D eigenvalue weighted by atomic mass is 28.4. The molecule has 1 aliphatic carbocycles. The van der Waals surface area contributed by atoms with Crippen molar-refractivity contribution in [1.82, 2.24) is 0 Å². The Balaban J connectivity index is 1.88. The zero-order valence-corrected chi connectivity index (χ0v) is 14.9. The van der Waals surface area contributed by atoms with Crippen molar-refractivity contribution in [3.05, 3.63) is 35.9 Å². The van der Waals surface area contributed by atoms with Crippen LogP contribution in [0, 0.1) is 5.92 Å². The fourth-order valence-corrected chi connectivity index (χ4v) is 5.05. The van der Waals surface area contributed by atoms with Gasteiger partial charge in [0.1, 0.15) is 6.10 Å². The summed E-state index contributed by atoms with van der Waals surface area (Å²) in [5, 5.41) is 9.51. The first kappa shape index (κ1) is 18.3. The molecule has 0 heterocycles. The van der Waals surface area contributed by atoms with Crippen LogP contribution in [0.25, 0.3) is 0 Å². The largest absolute Gasteiger partial charge is 0.500 e. The molecule has 1 fully saturated rings. The van der Waals surface area contributed by atoms with Crippen LogP contribution < -0.4 is 0 Å². The third-order valence-electron chi connectivity index (χ3n) is 4.49. The van der Waals surface area contributed by atoms with Gasteiger partial charge in [0.25, 0.3) is 0 Å². The smallest absolute Gasteiger partial charge is 0.385 e. The van der Waals surface area contributed by atoms with Crippen LogP contribution in [-0.4, -0.2) is 40.0 Å². The number of Topliss-reactive ketones (excluding diaryl/α,β-unsaturated/α-hetero) is 1. The normalized spacial score (nSPS) is 22.3. The summed E-state index contributed by atoms with van der Waals surface area (Å²) in [6, 6.07) is 10.6. The molecule has 1 saturated carbocycles. The summed E-state index contributed by atoms with van der Waals surface area (Å²) in [4.78, 5) is 11.6. The fourth-order valence-electron chi connectivity index (χ4n) is 2.95. The molecular weight excluding hydrogens is 312 g/mol. The maximum atomic E-state index is 11.6. The van der Waals surface area contributed by atoms with Crippen LogP contribution in [0.2, 0.25) is 6.04 Å². The highest BCUT2D eigenvalue weighted by molar-refractivity contribution is 6.60. The van der Waals surface area contributed by atoms with E-state index < -0.39 is 14.9 Å². The van der Waals surface area contributed by atoms with Gasteiger partial charge in [0.15, 0.2) is 5.78 Å². The molecular formula is C17H26O5Si. The molecule has 0 saturated heterocycles. The van der Waals surface area contributed by atoms with E-state index in [0.29, 0.717) is 25.5 Å². The number of hydrogen-bond acceptors (Lipinski definition) is 5. The van der Waals surface area contributed by atoms with E-state index in [2.05, 4.69) is 0 Å². The number of hydrogen-bond donors (Lipinski definition) is 1. The third-order valence-corrected chi connectivity index (χ3v) is 7.22. The van der Waals surface area contributed by atoms with E-state index in [-0.39, 0.29) is 11.7 Å². The lowest BCUT2D eigenvalue weighted by Gasteiger charge is -2.30. The standard InChI is InChI=1S/C17H26O5Si/c1-20-23(21-2,22-13-15-6-4-3-5-7-15)11-10-14-8-9-16(18)17(19)12-14/h3-7,14,16,18H,8-13H2,1-2H3. The quantitative estimate of drug-likeness (QED) is 0.738. The highest BCUT2D eigenvalue weighted by Crippen LogP contribution is 2.29. The molecule has 1 aliphatic rings. The van der Waals surface area contributed by atoms with Gasteiger partial charge >= 0.3 is 8.80 Å². The predicted molar refractivity (Wildman–Crippen MR) is 88.8 cm³/mol. The Morgan fingerprint density at radius 3 is 2.48 bits per heavy atom. The van der Waals surface area contributed by atoms with Gasteiger partial charge in [-0.2, -0.15) is 0 Å². The van der Waals surface area contributed by atoms with Crippen molar-refractivity contribution in [2.45, 2.75) is 44.4 Å². The predicted octanol–water partition coefficient (Wildman–Crippen LogP) is 2.56. The van der Waals surface area contributed by atoms with E-state index in [0.717, 1.165) is 18.4 Å². The molecule has 23 heavy (non-hydrogen) atoms. The Labute approximate surface area is 138 Å². The lowest BCUT2D eigenvalue weighted by Crippen LogP contribution is -2.44. The number of benzene rings is 1. The number of carbonyl (C=O) groups excluding carboxylic acids is 1. The third kappa shape index (κ3) is 5.22. The summed E-state index contributed by atoms with van der Waals surface area (Å²) in [5.41, 5.74) is 1.08. The number of aliphatic hydroxyl groups is 1. The molecule has 128 valence electrons. The van der Waals surface area contributed by atoms with Crippen molar-refractivity contribution >= 4 is 14.6 Å². The van der Waals surface area contributed by atoms with Gasteiger partial charge in [0.05, 0.1) is 6.61 Å². The maximum absolute atomic E-state index is 11.6. The zero-order valence-electron chi connectivity index (χ0n) is 13.9. The van der Waals surface area contributed by atoms with Crippen LogP contribution >= 0.6 is 0 Å². The molecule has 1 N–H and O–H groups in total. The van der Waals surface area contributed by atoms with Gasteiger partial charge in [0, 0.05) is 26.7 Å². The summed E-state index contributed by atoms with van der Waals surface area (Å²) >= 11 is 0. The van der Waals surface area contributed by atoms with Crippen molar-refractivity contribution in [3.8, 4) is 0 Å². The highest BCUT2D eigenvalue weighted by Gasteiger charge is 2.40. The fraction of sp³-hybridized carbons (Fsp3) is 0.588. The molecule has 2 atom stereocenters. The van der Waals surface area contributed by atoms with Crippen molar-refractivity contribution in [3.63, 3.8) is 0 Å². The summed E-state index contributed by atoms with van der Waals surface area (Å²) in [7, 11) is 0.520. The van der Waals surface area contributed by atoms with E-state index in [4.69, 9.17) is 13.3 Å². The van der Waals surface area contributed by atoms with Crippen LogP contribution in [0.1, 0.15) is 31.2 Å². The molecule has 1 aromatic carbocycles.